The molecule has 4 aromatic rings. The molecule has 3 aromatic carbocycles. The van der Waals surface area contributed by atoms with Crippen LogP contribution in [-0.2, 0) is 0 Å². The third-order valence-electron chi connectivity index (χ3n) is 4.04. The zero-order valence-electron chi connectivity index (χ0n) is 12.5. The van der Waals surface area contributed by atoms with Gasteiger partial charge < -0.3 is 4.57 Å². The number of para-hydroxylation sites is 1. The Bertz CT molecular complexity index is 918. The van der Waals surface area contributed by atoms with E-state index in [1.165, 1.54) is 33.4 Å². The fourth-order valence-electron chi connectivity index (χ4n) is 3.01. The number of aromatic nitrogens is 1. The molecular weight excluding hydrogens is 266 g/mol. The van der Waals surface area contributed by atoms with Gasteiger partial charge in [0.1, 0.15) is 0 Å². The summed E-state index contributed by atoms with van der Waals surface area (Å²) in [6, 6.07) is 30.0. The Balaban J connectivity index is 2.07. The first-order chi connectivity index (χ1) is 10.8. The van der Waals surface area contributed by atoms with E-state index in [0.717, 1.165) is 0 Å². The molecule has 0 spiro atoms. The summed E-state index contributed by atoms with van der Waals surface area (Å²) in [5, 5.41) is 1.28. The molecule has 0 unspecified atom stereocenters. The second-order valence-electron chi connectivity index (χ2n) is 5.63. The molecule has 0 radical (unpaired) electrons. The van der Waals surface area contributed by atoms with Gasteiger partial charge in [0.05, 0.1) is 11.2 Å². The molecule has 0 fully saturated rings. The highest BCUT2D eigenvalue weighted by atomic mass is 15.0. The van der Waals surface area contributed by atoms with Crippen molar-refractivity contribution in [2.24, 2.45) is 0 Å². The minimum absolute atomic E-state index is 1.19. The zero-order chi connectivity index (χ0) is 14.9. The van der Waals surface area contributed by atoms with Crippen molar-refractivity contribution in [3.8, 4) is 16.9 Å². The molecule has 0 saturated heterocycles. The van der Waals surface area contributed by atoms with Crippen LogP contribution in [0.1, 0.15) is 5.56 Å². The third-order valence-corrected chi connectivity index (χ3v) is 4.04. The summed E-state index contributed by atoms with van der Waals surface area (Å²) in [5.74, 6) is 0. The molecule has 22 heavy (non-hydrogen) atoms. The van der Waals surface area contributed by atoms with Gasteiger partial charge in [-0.2, -0.15) is 0 Å². The summed E-state index contributed by atoms with van der Waals surface area (Å²) in [5.41, 5.74) is 6.20. The van der Waals surface area contributed by atoms with Gasteiger partial charge in [-0.05, 0) is 42.8 Å². The molecule has 106 valence electrons. The van der Waals surface area contributed by atoms with Gasteiger partial charge in [-0.15, -0.1) is 0 Å². The monoisotopic (exact) mass is 283 g/mol. The van der Waals surface area contributed by atoms with Crippen LogP contribution in [0.4, 0.5) is 0 Å². The number of nitrogens with zero attached hydrogens (tertiary/aromatic N) is 1. The van der Waals surface area contributed by atoms with Crippen LogP contribution in [0.2, 0.25) is 0 Å². The number of rotatable bonds is 2. The van der Waals surface area contributed by atoms with Crippen LogP contribution in [0, 0.1) is 6.92 Å². The Hall–Kier alpha value is -2.80. The Morgan fingerprint density at radius 1 is 0.682 bits per heavy atom. The molecule has 0 bridgehead atoms. The maximum atomic E-state index is 2.34. The fourth-order valence-corrected chi connectivity index (χ4v) is 3.01. The summed E-state index contributed by atoms with van der Waals surface area (Å²) in [7, 11) is 0. The van der Waals surface area contributed by atoms with Crippen molar-refractivity contribution in [2.75, 3.05) is 0 Å². The van der Waals surface area contributed by atoms with Gasteiger partial charge in [-0.3, -0.25) is 0 Å². The van der Waals surface area contributed by atoms with Crippen LogP contribution in [0.5, 0.6) is 0 Å². The lowest BCUT2D eigenvalue weighted by molar-refractivity contribution is 1.13. The predicted octanol–water partition coefficient (Wildman–Crippen LogP) is 5.61. The molecular formula is C21H17N. The maximum Gasteiger partial charge on any atom is 0.0540 e. The van der Waals surface area contributed by atoms with Crippen LogP contribution in [0.25, 0.3) is 27.8 Å². The smallest absolute Gasteiger partial charge is 0.0540 e. The highest BCUT2D eigenvalue weighted by Crippen LogP contribution is 2.31. The molecule has 4 rings (SSSR count). The average Bonchev–Trinajstić information content (AvgIpc) is 2.95. The van der Waals surface area contributed by atoms with Gasteiger partial charge in [-0.25, -0.2) is 0 Å². The molecule has 0 aliphatic rings. The van der Waals surface area contributed by atoms with Crippen molar-refractivity contribution < 1.29 is 0 Å². The maximum absolute atomic E-state index is 2.34. The van der Waals surface area contributed by atoms with Gasteiger partial charge in [0, 0.05) is 11.1 Å². The largest absolute Gasteiger partial charge is 0.309 e. The topological polar surface area (TPSA) is 4.93 Å². The van der Waals surface area contributed by atoms with E-state index in [2.05, 4.69) is 96.4 Å². The molecule has 1 nitrogen and oxygen atoms in total. The normalized spacial score (nSPS) is 11.0. The molecule has 0 amide bonds. The predicted molar refractivity (Wildman–Crippen MR) is 93.4 cm³/mol. The van der Waals surface area contributed by atoms with E-state index in [9.17, 15) is 0 Å². The van der Waals surface area contributed by atoms with Gasteiger partial charge in [0.2, 0.25) is 0 Å². The van der Waals surface area contributed by atoms with E-state index in [-0.39, 0.29) is 0 Å². The molecule has 1 heterocycles. The number of aryl methyl sites for hydroxylation is 1. The molecule has 1 heteroatoms. The van der Waals surface area contributed by atoms with E-state index in [1.54, 1.807) is 0 Å². The lowest BCUT2D eigenvalue weighted by Gasteiger charge is -2.11. The second-order valence-corrected chi connectivity index (χ2v) is 5.63. The summed E-state index contributed by atoms with van der Waals surface area (Å²) < 4.78 is 2.34. The number of fused-ring (bicyclic) bond motifs is 1. The Labute approximate surface area is 130 Å². The van der Waals surface area contributed by atoms with Crippen molar-refractivity contribution >= 4 is 10.9 Å². The van der Waals surface area contributed by atoms with E-state index in [1.807, 2.05) is 0 Å². The van der Waals surface area contributed by atoms with Gasteiger partial charge in [-0.1, -0.05) is 60.2 Å². The lowest BCUT2D eigenvalue weighted by atomic mass is 10.1. The first kappa shape index (κ1) is 12.9. The minimum Gasteiger partial charge on any atom is -0.309 e. The van der Waals surface area contributed by atoms with Crippen LogP contribution in [-0.4, -0.2) is 4.57 Å². The van der Waals surface area contributed by atoms with Gasteiger partial charge in [0.15, 0.2) is 0 Å². The summed E-state index contributed by atoms with van der Waals surface area (Å²) in [6.07, 6.45) is 0. The van der Waals surface area contributed by atoms with Crippen molar-refractivity contribution in [1.29, 1.82) is 0 Å². The number of hydrogen-bond donors (Lipinski definition) is 0. The van der Waals surface area contributed by atoms with Crippen molar-refractivity contribution in [3.63, 3.8) is 0 Å². The van der Waals surface area contributed by atoms with E-state index in [0.29, 0.717) is 0 Å². The summed E-state index contributed by atoms with van der Waals surface area (Å²) in [6.45, 7) is 2.14. The molecule has 0 saturated carbocycles. The standard InChI is InChI=1S/C21H17N/c1-16-12-13-20-18(14-16)15-21(17-8-4-2-5-9-17)22(20)19-10-6-3-7-11-19/h2-15H,1H3. The van der Waals surface area contributed by atoms with E-state index < -0.39 is 0 Å². The SMILES string of the molecule is Cc1ccc2c(c1)cc(-c1ccccc1)n2-c1ccccc1. The van der Waals surface area contributed by atoms with Crippen LogP contribution < -0.4 is 0 Å². The first-order valence-corrected chi connectivity index (χ1v) is 7.56. The van der Waals surface area contributed by atoms with Gasteiger partial charge in [0.25, 0.3) is 0 Å². The average molecular weight is 283 g/mol. The van der Waals surface area contributed by atoms with Crippen molar-refractivity contribution in [1.82, 2.24) is 4.57 Å². The molecule has 0 aliphatic carbocycles. The summed E-state index contributed by atoms with van der Waals surface area (Å²) in [4.78, 5) is 0. The number of hydrogen-bond acceptors (Lipinski definition) is 0. The fraction of sp³-hybridized carbons (Fsp3) is 0.0476. The van der Waals surface area contributed by atoms with E-state index in [4.69, 9.17) is 0 Å². The lowest BCUT2D eigenvalue weighted by Crippen LogP contribution is -1.96. The summed E-state index contributed by atoms with van der Waals surface area (Å²) >= 11 is 0. The Morgan fingerprint density at radius 2 is 1.36 bits per heavy atom. The minimum atomic E-state index is 1.19. The molecule has 0 aliphatic heterocycles. The van der Waals surface area contributed by atoms with Crippen LogP contribution in [0.3, 0.4) is 0 Å². The van der Waals surface area contributed by atoms with Crippen molar-refractivity contribution in [3.05, 3.63) is 90.5 Å². The van der Waals surface area contributed by atoms with E-state index >= 15 is 0 Å². The Kier molecular flexibility index (Phi) is 3.05. The molecule has 0 N–H and O–H groups in total. The second kappa shape index (κ2) is 5.19. The third kappa shape index (κ3) is 2.11. The van der Waals surface area contributed by atoms with Crippen molar-refractivity contribution in [2.45, 2.75) is 6.92 Å². The van der Waals surface area contributed by atoms with Gasteiger partial charge >= 0.3 is 0 Å². The van der Waals surface area contributed by atoms with Crippen LogP contribution >= 0.6 is 0 Å². The first-order valence-electron chi connectivity index (χ1n) is 7.56. The highest BCUT2D eigenvalue weighted by Gasteiger charge is 2.11. The Morgan fingerprint density at radius 3 is 2.09 bits per heavy atom. The van der Waals surface area contributed by atoms with Crippen LogP contribution in [0.15, 0.2) is 84.9 Å². The number of benzene rings is 3. The zero-order valence-corrected chi connectivity index (χ0v) is 12.5. The molecule has 1 aromatic heterocycles. The quantitative estimate of drug-likeness (QED) is 0.451. The molecule has 0 atom stereocenters. The highest BCUT2D eigenvalue weighted by molar-refractivity contribution is 5.89.